The number of nitrogens with zero attached hydrogens (tertiary/aromatic N) is 2. The molecule has 1 unspecified atom stereocenters. The number of carbonyl (C=O) groups is 1. The first kappa shape index (κ1) is 23.7. The minimum absolute atomic E-state index is 0.0268. The van der Waals surface area contributed by atoms with Crippen molar-refractivity contribution >= 4 is 19.4 Å². The maximum absolute atomic E-state index is 11.4. The number of carbonyl (C=O) groups excluding carboxylic acids is 1. The molecule has 4 nitrogen and oxygen atoms in total. The van der Waals surface area contributed by atoms with Crippen molar-refractivity contribution in [2.75, 3.05) is 32.1 Å². The maximum atomic E-state index is 11.4. The van der Waals surface area contributed by atoms with Crippen molar-refractivity contribution in [3.05, 3.63) is 29.8 Å². The summed E-state index contributed by atoms with van der Waals surface area (Å²) < 4.78 is 0. The minimum Gasteiger partial charge on any atom is -0.395 e. The van der Waals surface area contributed by atoms with Gasteiger partial charge >= 0.3 is 0 Å². The van der Waals surface area contributed by atoms with Crippen LogP contribution in [-0.2, 0) is 10.3 Å². The number of benzene rings is 1. The van der Waals surface area contributed by atoms with Crippen LogP contribution in [0.1, 0.15) is 53.0 Å². The van der Waals surface area contributed by atoms with Crippen LogP contribution in [0.3, 0.4) is 0 Å². The second-order valence-corrected chi connectivity index (χ2v) is 6.03. The second kappa shape index (κ2) is 11.3. The van der Waals surface area contributed by atoms with Crippen molar-refractivity contribution in [1.29, 1.82) is 0 Å². The van der Waals surface area contributed by atoms with Crippen LogP contribution >= 0.6 is 0 Å². The molecule has 0 bridgehead atoms. The van der Waals surface area contributed by atoms with Crippen molar-refractivity contribution in [2.45, 2.75) is 53.0 Å². The van der Waals surface area contributed by atoms with Gasteiger partial charge in [-0.25, -0.2) is 0 Å². The average molecular weight is 346 g/mol. The molecule has 0 spiro atoms. The van der Waals surface area contributed by atoms with Crippen LogP contribution in [0.15, 0.2) is 24.3 Å². The molecule has 1 aliphatic rings. The second-order valence-electron chi connectivity index (χ2n) is 6.03. The SMILES string of the molecule is CC.CC.[B]C(O)(c1ccc(N(C)C(C)=O)cc1)C1CCN(C)CC1. The van der Waals surface area contributed by atoms with E-state index in [1.165, 1.54) is 6.92 Å². The summed E-state index contributed by atoms with van der Waals surface area (Å²) in [6, 6.07) is 7.27. The van der Waals surface area contributed by atoms with Gasteiger partial charge in [-0.1, -0.05) is 39.8 Å². The first-order chi connectivity index (χ1) is 11.8. The third-order valence-electron chi connectivity index (χ3n) is 4.53. The molecule has 140 valence electrons. The zero-order valence-corrected chi connectivity index (χ0v) is 17.0. The molecule has 5 heteroatoms. The highest BCUT2D eigenvalue weighted by Crippen LogP contribution is 2.34. The summed E-state index contributed by atoms with van der Waals surface area (Å²) >= 11 is 0. The Hall–Kier alpha value is -1.33. The van der Waals surface area contributed by atoms with Gasteiger partial charge in [0.15, 0.2) is 0 Å². The van der Waals surface area contributed by atoms with E-state index in [9.17, 15) is 9.90 Å². The topological polar surface area (TPSA) is 43.8 Å². The van der Waals surface area contributed by atoms with Crippen molar-refractivity contribution in [3.8, 4) is 0 Å². The van der Waals surface area contributed by atoms with Crippen molar-refractivity contribution < 1.29 is 9.90 Å². The van der Waals surface area contributed by atoms with Gasteiger partial charge < -0.3 is 14.9 Å². The minimum atomic E-state index is -1.31. The lowest BCUT2D eigenvalue weighted by Crippen LogP contribution is -2.42. The Morgan fingerprint density at radius 2 is 1.60 bits per heavy atom. The molecular formula is C20H35BN2O2. The van der Waals surface area contributed by atoms with Gasteiger partial charge in [-0.05, 0) is 56.6 Å². The highest BCUT2D eigenvalue weighted by atomic mass is 16.3. The van der Waals surface area contributed by atoms with E-state index < -0.39 is 5.50 Å². The number of rotatable bonds is 3. The molecule has 1 N–H and O–H groups in total. The van der Waals surface area contributed by atoms with Crippen LogP contribution < -0.4 is 4.90 Å². The van der Waals surface area contributed by atoms with E-state index in [2.05, 4.69) is 11.9 Å². The molecule has 1 amide bonds. The van der Waals surface area contributed by atoms with Crippen molar-refractivity contribution in [2.24, 2.45) is 5.92 Å². The van der Waals surface area contributed by atoms with Crippen LogP contribution in [0.2, 0.25) is 0 Å². The molecular weight excluding hydrogens is 311 g/mol. The van der Waals surface area contributed by atoms with E-state index >= 15 is 0 Å². The van der Waals surface area contributed by atoms with Crippen LogP contribution in [0.25, 0.3) is 0 Å². The smallest absolute Gasteiger partial charge is 0.223 e. The predicted octanol–water partition coefficient (Wildman–Crippen LogP) is 3.38. The fourth-order valence-electron chi connectivity index (χ4n) is 2.82. The Morgan fingerprint density at radius 1 is 1.16 bits per heavy atom. The van der Waals surface area contributed by atoms with E-state index in [0.717, 1.165) is 31.6 Å². The van der Waals surface area contributed by atoms with Crippen LogP contribution in [-0.4, -0.2) is 50.9 Å². The van der Waals surface area contributed by atoms with Crippen LogP contribution in [0, 0.1) is 5.92 Å². The Kier molecular flexibility index (Phi) is 10.7. The molecule has 25 heavy (non-hydrogen) atoms. The van der Waals surface area contributed by atoms with E-state index in [4.69, 9.17) is 7.85 Å². The zero-order chi connectivity index (χ0) is 19.6. The summed E-state index contributed by atoms with van der Waals surface area (Å²) in [5, 5.41) is 10.7. The predicted molar refractivity (Wildman–Crippen MR) is 108 cm³/mol. The normalized spacial score (nSPS) is 17.3. The molecule has 1 aromatic rings. The highest BCUT2D eigenvalue weighted by molar-refractivity contribution is 6.14. The molecule has 1 aliphatic heterocycles. The van der Waals surface area contributed by atoms with Gasteiger partial charge in [0.05, 0.1) is 5.50 Å². The number of amides is 1. The number of piperidine rings is 1. The molecule has 0 aromatic heterocycles. The van der Waals surface area contributed by atoms with E-state index in [1.54, 1.807) is 11.9 Å². The monoisotopic (exact) mass is 346 g/mol. The largest absolute Gasteiger partial charge is 0.395 e. The number of anilines is 1. The molecule has 2 radical (unpaired) electrons. The quantitative estimate of drug-likeness (QED) is 0.854. The number of hydrogen-bond acceptors (Lipinski definition) is 3. The molecule has 0 saturated carbocycles. The van der Waals surface area contributed by atoms with Crippen molar-refractivity contribution in [3.63, 3.8) is 0 Å². The number of likely N-dealkylation sites (tertiary alicyclic amines) is 1. The van der Waals surface area contributed by atoms with Crippen LogP contribution in [0.5, 0.6) is 0 Å². The fourth-order valence-corrected chi connectivity index (χ4v) is 2.82. The highest BCUT2D eigenvalue weighted by Gasteiger charge is 2.34. The third-order valence-corrected chi connectivity index (χ3v) is 4.53. The summed E-state index contributed by atoms with van der Waals surface area (Å²) in [6.45, 7) is 11.4. The van der Waals surface area contributed by atoms with E-state index in [0.29, 0.717) is 5.56 Å². The molecule has 1 aromatic carbocycles. The zero-order valence-electron chi connectivity index (χ0n) is 17.0. The van der Waals surface area contributed by atoms with Gasteiger partial charge in [-0.3, -0.25) is 4.79 Å². The van der Waals surface area contributed by atoms with Gasteiger partial charge in [-0.2, -0.15) is 0 Å². The molecule has 2 rings (SSSR count). The Labute approximate surface area is 155 Å². The summed E-state index contributed by atoms with van der Waals surface area (Å²) in [5.74, 6) is 0.0335. The standard InChI is InChI=1S/C16H23BN2O2.2C2H6/c1-12(20)19(3)15-6-4-13(5-7-15)16(17,21)14-8-10-18(2)11-9-14;2*1-2/h4-7,14,21H,8-11H2,1-3H3;2*1-2H3. The van der Waals surface area contributed by atoms with Gasteiger partial charge in [0.1, 0.15) is 7.85 Å². The molecule has 1 heterocycles. The molecule has 1 atom stereocenters. The average Bonchev–Trinajstić information content (AvgIpc) is 2.65. The Balaban J connectivity index is 0.00000134. The Morgan fingerprint density at radius 3 is 2.00 bits per heavy atom. The molecule has 1 fully saturated rings. The third kappa shape index (κ3) is 6.48. The number of hydrogen-bond donors (Lipinski definition) is 1. The van der Waals surface area contributed by atoms with E-state index in [1.807, 2.05) is 52.0 Å². The Bertz CT molecular complexity index is 495. The lowest BCUT2D eigenvalue weighted by atomic mass is 9.64. The van der Waals surface area contributed by atoms with Crippen molar-refractivity contribution in [1.82, 2.24) is 4.90 Å². The first-order valence-electron chi connectivity index (χ1n) is 9.37. The van der Waals surface area contributed by atoms with Gasteiger partial charge in [-0.15, -0.1) is 0 Å². The molecule has 0 aliphatic carbocycles. The summed E-state index contributed by atoms with van der Waals surface area (Å²) in [5.41, 5.74) is 0.192. The van der Waals surface area contributed by atoms with Crippen LogP contribution in [0.4, 0.5) is 5.69 Å². The number of aliphatic hydroxyl groups is 1. The molecule has 1 saturated heterocycles. The van der Waals surface area contributed by atoms with Gasteiger partial charge in [0.2, 0.25) is 5.91 Å². The van der Waals surface area contributed by atoms with Gasteiger partial charge in [0, 0.05) is 19.7 Å². The summed E-state index contributed by atoms with van der Waals surface area (Å²) in [7, 11) is 10.0. The summed E-state index contributed by atoms with van der Waals surface area (Å²) in [6.07, 6.45) is 1.78. The fraction of sp³-hybridized carbons (Fsp3) is 0.650. The maximum Gasteiger partial charge on any atom is 0.223 e. The lowest BCUT2D eigenvalue weighted by molar-refractivity contribution is -0.116. The van der Waals surface area contributed by atoms with Gasteiger partial charge in [0.25, 0.3) is 0 Å². The first-order valence-corrected chi connectivity index (χ1v) is 9.37. The lowest BCUT2D eigenvalue weighted by Gasteiger charge is -2.39. The summed E-state index contributed by atoms with van der Waals surface area (Å²) in [4.78, 5) is 15.2. The van der Waals surface area contributed by atoms with E-state index in [-0.39, 0.29) is 11.8 Å².